The highest BCUT2D eigenvalue weighted by Gasteiger charge is 2.24. The maximum atomic E-state index is 6.24. The largest absolute Gasteiger partial charge is 0.415 e. The van der Waals surface area contributed by atoms with Crippen molar-refractivity contribution in [3.05, 3.63) is 96.1 Å². The Morgan fingerprint density at radius 1 is 0.500 bits per heavy atom. The molecular weight excluding hydrogens is 537 g/mol. The van der Waals surface area contributed by atoms with Gasteiger partial charge >= 0.3 is 0 Å². The van der Waals surface area contributed by atoms with Gasteiger partial charge in [0.2, 0.25) is 11.8 Å². The predicted molar refractivity (Wildman–Crippen MR) is 162 cm³/mol. The van der Waals surface area contributed by atoms with Crippen molar-refractivity contribution in [2.75, 3.05) is 0 Å². The van der Waals surface area contributed by atoms with Crippen LogP contribution >= 0.6 is 22.7 Å². The molecule has 4 heterocycles. The van der Waals surface area contributed by atoms with Crippen LogP contribution in [-0.2, 0) is 0 Å². The molecule has 0 bridgehead atoms. The highest BCUT2D eigenvalue weighted by molar-refractivity contribution is 7.41. The van der Waals surface area contributed by atoms with E-state index in [2.05, 4.69) is 70.6 Å². The number of aryl methyl sites for hydroxylation is 2. The Morgan fingerprint density at radius 3 is 1.40 bits per heavy atom. The van der Waals surface area contributed by atoms with Crippen molar-refractivity contribution < 1.29 is 8.83 Å². The third kappa shape index (κ3) is 3.53. The Morgan fingerprint density at radius 2 is 0.925 bits per heavy atom. The molecule has 0 aliphatic carbocycles. The number of aromatic nitrogens is 4. The van der Waals surface area contributed by atoms with Gasteiger partial charge in [0.25, 0.3) is 11.8 Å². The number of rotatable bonds is 4. The molecular formula is C32H20N4O2S2. The van der Waals surface area contributed by atoms with Crippen molar-refractivity contribution in [2.24, 2.45) is 0 Å². The van der Waals surface area contributed by atoms with Gasteiger partial charge in [-0.05, 0) is 58.7 Å². The first kappa shape index (κ1) is 23.2. The summed E-state index contributed by atoms with van der Waals surface area (Å²) in [4.78, 5) is 1.97. The Bertz CT molecular complexity index is 2060. The lowest BCUT2D eigenvalue weighted by molar-refractivity contribution is 0.586. The summed E-state index contributed by atoms with van der Waals surface area (Å²) < 4.78 is 13.6. The summed E-state index contributed by atoms with van der Waals surface area (Å²) in [5.41, 5.74) is 4.10. The molecule has 8 aromatic rings. The molecule has 0 radical (unpaired) electrons. The highest BCUT2D eigenvalue weighted by atomic mass is 32.2. The summed E-state index contributed by atoms with van der Waals surface area (Å²) >= 11 is 3.31. The zero-order chi connectivity index (χ0) is 26.8. The molecule has 0 unspecified atom stereocenters. The standard InChI is InChI=1S/C32H20N4O2S2/c1-17-25-18(2)27(31-36-34-29(38-31)24-16-8-12-20-10-4-6-14-22(20)24)40-32(25)39-26(17)30-35-33-28(37-30)23-15-7-11-19-9-3-5-13-21(19)23/h3-16H,1-2H3. The van der Waals surface area contributed by atoms with Gasteiger partial charge in [-0.3, -0.25) is 0 Å². The van der Waals surface area contributed by atoms with Crippen LogP contribution < -0.4 is 0 Å². The minimum atomic E-state index is 0.521. The lowest BCUT2D eigenvalue weighted by Gasteiger charge is -2.02. The highest BCUT2D eigenvalue weighted by Crippen LogP contribution is 2.48. The van der Waals surface area contributed by atoms with Crippen molar-refractivity contribution in [3.63, 3.8) is 0 Å². The summed E-state index contributed by atoms with van der Waals surface area (Å²) in [6.07, 6.45) is 0. The molecule has 40 heavy (non-hydrogen) atoms. The second-order valence-electron chi connectivity index (χ2n) is 9.65. The molecule has 0 aliphatic heterocycles. The fourth-order valence-corrected chi connectivity index (χ4v) is 8.06. The van der Waals surface area contributed by atoms with Crippen LogP contribution in [0.4, 0.5) is 0 Å². The quantitative estimate of drug-likeness (QED) is 0.215. The number of hydrogen-bond donors (Lipinski definition) is 0. The molecule has 4 aromatic heterocycles. The van der Waals surface area contributed by atoms with Crippen molar-refractivity contribution in [1.29, 1.82) is 0 Å². The summed E-state index contributed by atoms with van der Waals surface area (Å²) in [5.74, 6) is 2.11. The molecule has 0 saturated carbocycles. The van der Waals surface area contributed by atoms with E-state index in [0.29, 0.717) is 23.6 Å². The maximum absolute atomic E-state index is 6.24. The number of fused-ring (bicyclic) bond motifs is 3. The maximum Gasteiger partial charge on any atom is 0.258 e. The van der Waals surface area contributed by atoms with Crippen LogP contribution in [0.15, 0.2) is 93.8 Å². The van der Waals surface area contributed by atoms with Crippen molar-refractivity contribution in [3.8, 4) is 44.4 Å². The third-order valence-electron chi connectivity index (χ3n) is 7.30. The van der Waals surface area contributed by atoms with Crippen molar-refractivity contribution >= 4 is 53.6 Å². The average Bonchev–Trinajstić information content (AvgIpc) is 3.78. The zero-order valence-corrected chi connectivity index (χ0v) is 23.1. The minimum Gasteiger partial charge on any atom is -0.415 e. The van der Waals surface area contributed by atoms with Crippen LogP contribution in [-0.4, -0.2) is 20.4 Å². The van der Waals surface area contributed by atoms with Gasteiger partial charge in [0.1, 0.15) is 0 Å². The van der Waals surface area contributed by atoms with Crippen LogP contribution in [0.3, 0.4) is 0 Å². The van der Waals surface area contributed by atoms with Gasteiger partial charge in [-0.2, -0.15) is 0 Å². The van der Waals surface area contributed by atoms with Gasteiger partial charge in [-0.25, -0.2) is 0 Å². The van der Waals surface area contributed by atoms with E-state index in [9.17, 15) is 0 Å². The molecule has 0 atom stereocenters. The summed E-state index contributed by atoms with van der Waals surface area (Å²) in [7, 11) is 0. The molecule has 0 fully saturated rings. The van der Waals surface area contributed by atoms with Crippen molar-refractivity contribution in [1.82, 2.24) is 20.4 Å². The molecule has 0 amide bonds. The molecule has 0 N–H and O–H groups in total. The lowest BCUT2D eigenvalue weighted by Crippen LogP contribution is -1.81. The molecule has 0 spiro atoms. The van der Waals surface area contributed by atoms with E-state index in [-0.39, 0.29) is 0 Å². The SMILES string of the molecule is Cc1c(-c2nnc(-c3cccc4ccccc34)o2)sc2sc(-c3nnc(-c4cccc5ccccc45)o3)c(C)c12. The van der Waals surface area contributed by atoms with Crippen LogP contribution in [0.1, 0.15) is 11.1 Å². The van der Waals surface area contributed by atoms with Crippen LogP contribution in [0.5, 0.6) is 0 Å². The zero-order valence-electron chi connectivity index (χ0n) is 21.5. The predicted octanol–water partition coefficient (Wildman–Crippen LogP) is 9.32. The van der Waals surface area contributed by atoms with Crippen LogP contribution in [0, 0.1) is 13.8 Å². The fourth-order valence-electron chi connectivity index (χ4n) is 5.36. The van der Waals surface area contributed by atoms with Gasteiger partial charge in [0.15, 0.2) is 0 Å². The normalized spacial score (nSPS) is 11.8. The molecule has 6 nitrogen and oxygen atoms in total. The smallest absolute Gasteiger partial charge is 0.258 e. The molecule has 8 rings (SSSR count). The summed E-state index contributed by atoms with van der Waals surface area (Å²) in [6, 6.07) is 28.7. The number of hydrogen-bond acceptors (Lipinski definition) is 8. The Kier molecular flexibility index (Phi) is 5.20. The molecule has 4 aromatic carbocycles. The van der Waals surface area contributed by atoms with E-state index < -0.39 is 0 Å². The average molecular weight is 557 g/mol. The van der Waals surface area contributed by atoms with E-state index in [1.165, 1.54) is 5.39 Å². The van der Waals surface area contributed by atoms with E-state index in [4.69, 9.17) is 8.83 Å². The van der Waals surface area contributed by atoms with Gasteiger partial charge in [0, 0.05) is 16.5 Å². The van der Waals surface area contributed by atoms with E-state index >= 15 is 0 Å². The number of thiophene rings is 2. The first-order valence-corrected chi connectivity index (χ1v) is 14.5. The van der Waals surface area contributed by atoms with E-state index in [1.54, 1.807) is 22.7 Å². The first-order valence-electron chi connectivity index (χ1n) is 12.8. The summed E-state index contributed by atoms with van der Waals surface area (Å²) in [6.45, 7) is 4.21. The Hall–Kier alpha value is -4.66. The van der Waals surface area contributed by atoms with Gasteiger partial charge in [-0.15, -0.1) is 43.1 Å². The monoisotopic (exact) mass is 556 g/mol. The van der Waals surface area contributed by atoms with Crippen LogP contribution in [0.2, 0.25) is 0 Å². The number of nitrogens with zero attached hydrogens (tertiary/aromatic N) is 4. The topological polar surface area (TPSA) is 77.8 Å². The van der Waals surface area contributed by atoms with E-state index in [1.807, 2.05) is 48.5 Å². The second kappa shape index (κ2) is 8.94. The first-order chi connectivity index (χ1) is 19.7. The van der Waals surface area contributed by atoms with Crippen molar-refractivity contribution in [2.45, 2.75) is 13.8 Å². The molecule has 192 valence electrons. The van der Waals surface area contributed by atoms with Gasteiger partial charge < -0.3 is 8.83 Å². The molecule has 0 saturated heterocycles. The summed E-state index contributed by atoms with van der Waals surface area (Å²) in [5, 5.41) is 23.3. The minimum absolute atomic E-state index is 0.521. The van der Waals surface area contributed by atoms with Crippen LogP contribution in [0.25, 0.3) is 75.4 Å². The molecule has 8 heteroatoms. The number of benzene rings is 4. The van der Waals surface area contributed by atoms with Gasteiger partial charge in [-0.1, -0.05) is 72.8 Å². The Balaban J connectivity index is 1.17. The fraction of sp³-hybridized carbons (Fsp3) is 0.0625. The van der Waals surface area contributed by atoms with Gasteiger partial charge in [0.05, 0.1) is 13.8 Å². The molecule has 0 aliphatic rings. The Labute approximate surface area is 236 Å². The second-order valence-corrected chi connectivity index (χ2v) is 12.0. The van der Waals surface area contributed by atoms with E-state index in [0.717, 1.165) is 57.6 Å². The third-order valence-corrected chi connectivity index (χ3v) is 9.95. The lowest BCUT2D eigenvalue weighted by atomic mass is 10.0.